The molecule has 1 heterocycles. The molecule has 6 heteroatoms. The Labute approximate surface area is 108 Å². The third kappa shape index (κ3) is 5.74. The average Bonchev–Trinajstić information content (AvgIpc) is 2.77. The van der Waals surface area contributed by atoms with Crippen molar-refractivity contribution in [3.8, 4) is 0 Å². The Kier molecular flexibility index (Phi) is 6.07. The van der Waals surface area contributed by atoms with Gasteiger partial charge in [-0.05, 0) is 17.9 Å². The van der Waals surface area contributed by atoms with Crippen LogP contribution in [0.15, 0.2) is 21.7 Å². The fraction of sp³-hybridized carbons (Fsp3) is 0.455. The average molecular weight is 274 g/mol. The molecule has 0 aliphatic heterocycles. The largest absolute Gasteiger partial charge is 0.481 e. The minimum absolute atomic E-state index is 0.0551. The molecule has 17 heavy (non-hydrogen) atoms. The summed E-state index contributed by atoms with van der Waals surface area (Å²) in [6.07, 6.45) is 0.827. The van der Waals surface area contributed by atoms with Crippen LogP contribution in [0.1, 0.15) is 19.3 Å². The number of thiophene rings is 1. The van der Waals surface area contributed by atoms with E-state index < -0.39 is 5.97 Å². The van der Waals surface area contributed by atoms with E-state index in [1.165, 1.54) is 18.9 Å². The minimum atomic E-state index is -0.844. The van der Waals surface area contributed by atoms with Crippen LogP contribution >= 0.6 is 23.1 Å². The van der Waals surface area contributed by atoms with Gasteiger partial charge in [-0.3, -0.25) is 9.59 Å². The maximum absolute atomic E-state index is 11.0. The Balaban J connectivity index is 2.48. The van der Waals surface area contributed by atoms with Crippen LogP contribution in [0.25, 0.3) is 0 Å². The van der Waals surface area contributed by atoms with E-state index in [1.54, 1.807) is 11.3 Å². The Morgan fingerprint density at radius 1 is 1.59 bits per heavy atom. The van der Waals surface area contributed by atoms with Gasteiger partial charge in [0.15, 0.2) is 0 Å². The number of thioether (sulfide) groups is 1. The fourth-order valence-corrected chi connectivity index (χ4v) is 3.47. The van der Waals surface area contributed by atoms with Gasteiger partial charge in [0.25, 0.3) is 0 Å². The predicted molar refractivity (Wildman–Crippen MR) is 67.5 cm³/mol. The highest BCUT2D eigenvalue weighted by atomic mass is 32.2. The van der Waals surface area contributed by atoms with Gasteiger partial charge in [0.2, 0.25) is 0 Å². The highest BCUT2D eigenvalue weighted by molar-refractivity contribution is 8.01. The number of carbonyl (C=O) groups is 2. The van der Waals surface area contributed by atoms with Gasteiger partial charge in [-0.15, -0.1) is 23.1 Å². The monoisotopic (exact) mass is 274 g/mol. The molecule has 0 fully saturated rings. The van der Waals surface area contributed by atoms with Crippen molar-refractivity contribution >= 4 is 35.0 Å². The highest BCUT2D eigenvalue weighted by Crippen LogP contribution is 2.31. The molecule has 1 rings (SSSR count). The van der Waals surface area contributed by atoms with Crippen molar-refractivity contribution in [1.82, 2.24) is 0 Å². The van der Waals surface area contributed by atoms with Crippen LogP contribution in [0.3, 0.4) is 0 Å². The van der Waals surface area contributed by atoms with Gasteiger partial charge in [-0.25, -0.2) is 0 Å². The number of aliphatic carboxylic acids is 1. The van der Waals surface area contributed by atoms with Crippen molar-refractivity contribution in [2.75, 3.05) is 7.11 Å². The molecule has 0 saturated heterocycles. The van der Waals surface area contributed by atoms with E-state index in [1.807, 2.05) is 17.5 Å². The zero-order valence-electron chi connectivity index (χ0n) is 9.42. The Morgan fingerprint density at radius 2 is 2.35 bits per heavy atom. The Bertz CT molecular complexity index is 362. The first-order chi connectivity index (χ1) is 8.11. The third-order valence-electron chi connectivity index (χ3n) is 2.08. The molecule has 4 nitrogen and oxygen atoms in total. The van der Waals surface area contributed by atoms with E-state index in [0.29, 0.717) is 6.42 Å². The molecule has 0 aromatic carbocycles. The molecule has 0 aliphatic carbocycles. The maximum atomic E-state index is 11.0. The van der Waals surface area contributed by atoms with Gasteiger partial charge in [0, 0.05) is 11.7 Å². The maximum Gasteiger partial charge on any atom is 0.305 e. The summed E-state index contributed by atoms with van der Waals surface area (Å²) in [5.74, 6) is -1.14. The van der Waals surface area contributed by atoms with E-state index in [0.717, 1.165) is 4.21 Å². The number of esters is 1. The lowest BCUT2D eigenvalue weighted by Gasteiger charge is -2.12. The predicted octanol–water partition coefficient (Wildman–Crippen LogP) is 2.64. The molecule has 0 spiro atoms. The molecule has 0 amide bonds. The molecule has 1 N–H and O–H groups in total. The zero-order chi connectivity index (χ0) is 12.7. The zero-order valence-corrected chi connectivity index (χ0v) is 11.1. The number of carboxylic acid groups (broad SMARTS) is 1. The molecule has 1 aromatic heterocycles. The van der Waals surface area contributed by atoms with Crippen LogP contribution in [-0.2, 0) is 14.3 Å². The van der Waals surface area contributed by atoms with Crippen molar-refractivity contribution in [2.45, 2.75) is 28.7 Å². The number of hydrogen-bond acceptors (Lipinski definition) is 5. The number of rotatable bonds is 7. The molecular formula is C11H14O4S2. The summed E-state index contributed by atoms with van der Waals surface area (Å²) in [4.78, 5) is 21.8. The Morgan fingerprint density at radius 3 is 2.88 bits per heavy atom. The van der Waals surface area contributed by atoms with E-state index in [4.69, 9.17) is 5.11 Å². The van der Waals surface area contributed by atoms with E-state index >= 15 is 0 Å². The molecule has 1 atom stereocenters. The summed E-state index contributed by atoms with van der Waals surface area (Å²) < 4.78 is 5.62. The molecule has 0 bridgehead atoms. The SMILES string of the molecule is COC(=O)CCC(CC(=O)O)Sc1cccs1. The molecule has 0 aliphatic rings. The lowest BCUT2D eigenvalue weighted by molar-refractivity contribution is -0.141. The molecular weight excluding hydrogens is 260 g/mol. The highest BCUT2D eigenvalue weighted by Gasteiger charge is 2.17. The van der Waals surface area contributed by atoms with Crippen molar-refractivity contribution in [3.63, 3.8) is 0 Å². The van der Waals surface area contributed by atoms with E-state index in [2.05, 4.69) is 4.74 Å². The minimum Gasteiger partial charge on any atom is -0.481 e. The van der Waals surface area contributed by atoms with Crippen molar-refractivity contribution in [1.29, 1.82) is 0 Å². The fourth-order valence-electron chi connectivity index (χ4n) is 1.27. The molecule has 0 radical (unpaired) electrons. The van der Waals surface area contributed by atoms with Crippen molar-refractivity contribution in [2.24, 2.45) is 0 Å². The first-order valence-electron chi connectivity index (χ1n) is 5.10. The van der Waals surface area contributed by atoms with E-state index in [9.17, 15) is 9.59 Å². The number of carboxylic acids is 1. The van der Waals surface area contributed by atoms with Gasteiger partial charge >= 0.3 is 11.9 Å². The quantitative estimate of drug-likeness (QED) is 0.611. The number of ether oxygens (including phenoxy) is 1. The summed E-state index contributed by atoms with van der Waals surface area (Å²) in [6, 6.07) is 3.87. The smallest absolute Gasteiger partial charge is 0.305 e. The van der Waals surface area contributed by atoms with Crippen LogP contribution in [0.5, 0.6) is 0 Å². The van der Waals surface area contributed by atoms with Crippen LogP contribution in [0.4, 0.5) is 0 Å². The van der Waals surface area contributed by atoms with Crippen LogP contribution in [-0.4, -0.2) is 29.4 Å². The molecule has 1 unspecified atom stereocenters. The first-order valence-corrected chi connectivity index (χ1v) is 6.86. The standard InChI is InChI=1S/C11H14O4S2/c1-15-10(14)5-4-8(7-9(12)13)17-11-3-2-6-16-11/h2-3,6,8H,4-5,7H2,1H3,(H,12,13). The van der Waals surface area contributed by atoms with Gasteiger partial charge < -0.3 is 9.84 Å². The summed E-state index contributed by atoms with van der Waals surface area (Å²) in [5, 5.41) is 10.7. The van der Waals surface area contributed by atoms with Gasteiger partial charge in [0.1, 0.15) is 0 Å². The summed E-state index contributed by atoms with van der Waals surface area (Å²) in [5.41, 5.74) is 0. The lowest BCUT2D eigenvalue weighted by atomic mass is 10.2. The number of methoxy groups -OCH3 is 1. The summed E-state index contributed by atoms with van der Waals surface area (Å²) in [7, 11) is 1.33. The first kappa shape index (κ1) is 14.1. The second kappa shape index (κ2) is 7.34. The second-order valence-corrected chi connectivity index (χ2v) is 5.93. The molecule has 94 valence electrons. The molecule has 1 aromatic rings. The van der Waals surface area contributed by atoms with Gasteiger partial charge in [-0.1, -0.05) is 6.07 Å². The number of hydrogen-bond donors (Lipinski definition) is 1. The second-order valence-electron chi connectivity index (χ2n) is 3.38. The van der Waals surface area contributed by atoms with Gasteiger partial charge in [-0.2, -0.15) is 0 Å². The summed E-state index contributed by atoms with van der Waals surface area (Å²) >= 11 is 3.08. The summed E-state index contributed by atoms with van der Waals surface area (Å²) in [6.45, 7) is 0. The van der Waals surface area contributed by atoms with Crippen LogP contribution in [0, 0.1) is 0 Å². The van der Waals surface area contributed by atoms with Crippen LogP contribution < -0.4 is 0 Å². The van der Waals surface area contributed by atoms with Gasteiger partial charge in [0.05, 0.1) is 17.7 Å². The third-order valence-corrected chi connectivity index (χ3v) is 4.42. The van der Waals surface area contributed by atoms with E-state index in [-0.39, 0.29) is 24.1 Å². The Hall–Kier alpha value is -1.01. The van der Waals surface area contributed by atoms with Crippen molar-refractivity contribution < 1.29 is 19.4 Å². The van der Waals surface area contributed by atoms with Crippen LogP contribution in [0.2, 0.25) is 0 Å². The molecule has 0 saturated carbocycles. The topological polar surface area (TPSA) is 63.6 Å². The lowest BCUT2D eigenvalue weighted by Crippen LogP contribution is -2.12. The number of carbonyl (C=O) groups excluding carboxylic acids is 1. The normalized spacial score (nSPS) is 12.1. The van der Waals surface area contributed by atoms with Crippen molar-refractivity contribution in [3.05, 3.63) is 17.5 Å².